The summed E-state index contributed by atoms with van der Waals surface area (Å²) in [6.45, 7) is 0. The van der Waals surface area contributed by atoms with E-state index in [9.17, 15) is 4.79 Å². The SMILES string of the molecule is Cn1cc(-c2ccc3c(c2)NC(=O)C3)c(-c2ccncc2)n1. The first kappa shape index (κ1) is 12.8. The number of rotatable bonds is 2. The highest BCUT2D eigenvalue weighted by molar-refractivity contribution is 6.00. The number of aromatic nitrogens is 3. The highest BCUT2D eigenvalue weighted by Gasteiger charge is 2.19. The van der Waals surface area contributed by atoms with Gasteiger partial charge in [0.05, 0.1) is 6.42 Å². The second-order valence-electron chi connectivity index (χ2n) is 5.40. The van der Waals surface area contributed by atoms with E-state index in [0.717, 1.165) is 33.6 Å². The maximum atomic E-state index is 11.5. The van der Waals surface area contributed by atoms with E-state index in [1.54, 1.807) is 17.1 Å². The summed E-state index contributed by atoms with van der Waals surface area (Å²) in [6.07, 6.45) is 5.97. The molecule has 0 fully saturated rings. The quantitative estimate of drug-likeness (QED) is 0.789. The minimum absolute atomic E-state index is 0.0488. The van der Waals surface area contributed by atoms with Crippen LogP contribution in [-0.2, 0) is 18.3 Å². The Balaban J connectivity index is 1.84. The fourth-order valence-corrected chi connectivity index (χ4v) is 2.80. The van der Waals surface area contributed by atoms with Gasteiger partial charge < -0.3 is 5.32 Å². The smallest absolute Gasteiger partial charge is 0.228 e. The molecule has 3 heterocycles. The number of aryl methyl sites for hydroxylation is 1. The Morgan fingerprint density at radius 2 is 1.95 bits per heavy atom. The zero-order valence-electron chi connectivity index (χ0n) is 12.1. The normalized spacial score (nSPS) is 13.0. The number of carbonyl (C=O) groups excluding carboxylic acids is 1. The molecule has 22 heavy (non-hydrogen) atoms. The van der Waals surface area contributed by atoms with Crippen LogP contribution in [0.15, 0.2) is 48.9 Å². The number of fused-ring (bicyclic) bond motifs is 1. The minimum atomic E-state index is 0.0488. The van der Waals surface area contributed by atoms with Crippen molar-refractivity contribution in [2.45, 2.75) is 6.42 Å². The molecule has 0 unspecified atom stereocenters. The number of nitrogens with one attached hydrogen (secondary N) is 1. The van der Waals surface area contributed by atoms with Crippen LogP contribution >= 0.6 is 0 Å². The molecule has 108 valence electrons. The van der Waals surface area contributed by atoms with Crippen molar-refractivity contribution in [3.8, 4) is 22.4 Å². The van der Waals surface area contributed by atoms with Gasteiger partial charge in [-0.2, -0.15) is 5.10 Å². The summed E-state index contributed by atoms with van der Waals surface area (Å²) in [4.78, 5) is 15.6. The van der Waals surface area contributed by atoms with E-state index in [1.165, 1.54) is 0 Å². The zero-order chi connectivity index (χ0) is 15.1. The van der Waals surface area contributed by atoms with Crippen molar-refractivity contribution >= 4 is 11.6 Å². The summed E-state index contributed by atoms with van der Waals surface area (Å²) in [7, 11) is 1.91. The lowest BCUT2D eigenvalue weighted by Gasteiger charge is -2.05. The van der Waals surface area contributed by atoms with Crippen molar-refractivity contribution in [2.75, 3.05) is 5.32 Å². The Bertz CT molecular complexity index is 868. The third-order valence-corrected chi connectivity index (χ3v) is 3.83. The molecule has 0 radical (unpaired) electrons. The highest BCUT2D eigenvalue weighted by atomic mass is 16.1. The second-order valence-corrected chi connectivity index (χ2v) is 5.40. The van der Waals surface area contributed by atoms with Gasteiger partial charge in [0.25, 0.3) is 0 Å². The maximum absolute atomic E-state index is 11.5. The lowest BCUT2D eigenvalue weighted by molar-refractivity contribution is -0.115. The molecule has 0 spiro atoms. The van der Waals surface area contributed by atoms with Crippen LogP contribution in [-0.4, -0.2) is 20.7 Å². The molecule has 0 atom stereocenters. The van der Waals surface area contributed by atoms with Crippen LogP contribution < -0.4 is 5.32 Å². The summed E-state index contributed by atoms with van der Waals surface area (Å²) < 4.78 is 1.80. The Hall–Kier alpha value is -2.95. The van der Waals surface area contributed by atoms with Gasteiger partial charge in [0.2, 0.25) is 5.91 Å². The lowest BCUT2D eigenvalue weighted by atomic mass is 10.0. The standard InChI is InChI=1S/C17H14N4O/c1-21-10-14(17(20-21)11-4-6-18-7-5-11)12-2-3-13-9-16(22)19-15(13)8-12/h2-8,10H,9H2,1H3,(H,19,22). The molecule has 1 amide bonds. The van der Waals surface area contributed by atoms with Gasteiger partial charge in [-0.25, -0.2) is 0 Å². The Morgan fingerprint density at radius 1 is 1.14 bits per heavy atom. The van der Waals surface area contributed by atoms with Crippen LogP contribution in [0, 0.1) is 0 Å². The molecule has 0 bridgehead atoms. The van der Waals surface area contributed by atoms with Gasteiger partial charge in [0.15, 0.2) is 0 Å². The van der Waals surface area contributed by atoms with E-state index in [-0.39, 0.29) is 5.91 Å². The van der Waals surface area contributed by atoms with Crippen LogP contribution in [0.5, 0.6) is 0 Å². The van der Waals surface area contributed by atoms with Crippen molar-refractivity contribution in [3.63, 3.8) is 0 Å². The van der Waals surface area contributed by atoms with Gasteiger partial charge in [-0.05, 0) is 29.3 Å². The predicted octanol–water partition coefficient (Wildman–Crippen LogP) is 2.64. The molecular formula is C17H14N4O. The van der Waals surface area contributed by atoms with Gasteiger partial charge in [-0.3, -0.25) is 14.5 Å². The van der Waals surface area contributed by atoms with Crippen molar-refractivity contribution in [1.29, 1.82) is 0 Å². The third-order valence-electron chi connectivity index (χ3n) is 3.83. The van der Waals surface area contributed by atoms with Gasteiger partial charge in [-0.15, -0.1) is 0 Å². The third kappa shape index (κ3) is 2.07. The fourth-order valence-electron chi connectivity index (χ4n) is 2.80. The molecule has 2 aromatic heterocycles. The lowest BCUT2D eigenvalue weighted by Crippen LogP contribution is -2.03. The van der Waals surface area contributed by atoms with E-state index < -0.39 is 0 Å². The van der Waals surface area contributed by atoms with Crippen molar-refractivity contribution in [3.05, 3.63) is 54.5 Å². The highest BCUT2D eigenvalue weighted by Crippen LogP contribution is 2.34. The monoisotopic (exact) mass is 290 g/mol. The first-order chi connectivity index (χ1) is 10.7. The summed E-state index contributed by atoms with van der Waals surface area (Å²) in [5.41, 5.74) is 5.96. The number of pyridine rings is 1. The maximum Gasteiger partial charge on any atom is 0.228 e. The van der Waals surface area contributed by atoms with Crippen LogP contribution in [0.2, 0.25) is 0 Å². The van der Waals surface area contributed by atoms with E-state index in [2.05, 4.69) is 15.4 Å². The average molecular weight is 290 g/mol. The molecule has 0 saturated carbocycles. The average Bonchev–Trinajstić information content (AvgIpc) is 3.09. The van der Waals surface area contributed by atoms with E-state index in [0.29, 0.717) is 6.42 Å². The first-order valence-corrected chi connectivity index (χ1v) is 7.08. The molecule has 0 aliphatic carbocycles. The largest absolute Gasteiger partial charge is 0.326 e. The Kier molecular flexibility index (Phi) is 2.79. The van der Waals surface area contributed by atoms with E-state index in [1.807, 2.05) is 43.6 Å². The Morgan fingerprint density at radius 3 is 2.77 bits per heavy atom. The Labute approximate surface area is 127 Å². The summed E-state index contributed by atoms with van der Waals surface area (Å²) >= 11 is 0. The van der Waals surface area contributed by atoms with Crippen LogP contribution in [0.4, 0.5) is 5.69 Å². The van der Waals surface area contributed by atoms with Gasteiger partial charge in [0.1, 0.15) is 5.69 Å². The van der Waals surface area contributed by atoms with Gasteiger partial charge >= 0.3 is 0 Å². The molecule has 0 saturated heterocycles. The first-order valence-electron chi connectivity index (χ1n) is 7.08. The number of carbonyl (C=O) groups is 1. The van der Waals surface area contributed by atoms with E-state index in [4.69, 9.17) is 0 Å². The van der Waals surface area contributed by atoms with Crippen molar-refractivity contribution in [1.82, 2.24) is 14.8 Å². The predicted molar refractivity (Wildman–Crippen MR) is 84.2 cm³/mol. The van der Waals surface area contributed by atoms with Gasteiger partial charge in [0, 0.05) is 42.5 Å². The molecule has 4 rings (SSSR count). The molecular weight excluding hydrogens is 276 g/mol. The number of anilines is 1. The molecule has 1 aliphatic rings. The van der Waals surface area contributed by atoms with Crippen molar-refractivity contribution in [2.24, 2.45) is 7.05 Å². The van der Waals surface area contributed by atoms with Crippen LogP contribution in [0.3, 0.4) is 0 Å². The number of hydrogen-bond acceptors (Lipinski definition) is 3. The molecule has 1 N–H and O–H groups in total. The van der Waals surface area contributed by atoms with E-state index >= 15 is 0 Å². The van der Waals surface area contributed by atoms with Gasteiger partial charge in [-0.1, -0.05) is 12.1 Å². The fraction of sp³-hybridized carbons (Fsp3) is 0.118. The van der Waals surface area contributed by atoms with Crippen molar-refractivity contribution < 1.29 is 4.79 Å². The molecule has 5 heteroatoms. The minimum Gasteiger partial charge on any atom is -0.326 e. The zero-order valence-corrected chi connectivity index (χ0v) is 12.1. The molecule has 1 aliphatic heterocycles. The number of nitrogens with zero attached hydrogens (tertiary/aromatic N) is 3. The summed E-state index contributed by atoms with van der Waals surface area (Å²) in [5, 5.41) is 7.46. The number of hydrogen-bond donors (Lipinski definition) is 1. The van der Waals surface area contributed by atoms with Crippen LogP contribution in [0.25, 0.3) is 22.4 Å². The molecule has 5 nitrogen and oxygen atoms in total. The summed E-state index contributed by atoms with van der Waals surface area (Å²) in [5.74, 6) is 0.0488. The molecule has 3 aromatic rings. The van der Waals surface area contributed by atoms with Crippen LogP contribution in [0.1, 0.15) is 5.56 Å². The number of benzene rings is 1. The second kappa shape index (κ2) is 4.80. The summed E-state index contributed by atoms with van der Waals surface area (Å²) in [6, 6.07) is 9.95. The topological polar surface area (TPSA) is 59.8 Å². The number of amides is 1. The molecule has 1 aromatic carbocycles.